The van der Waals surface area contributed by atoms with Gasteiger partial charge in [-0.25, -0.2) is 8.78 Å². The van der Waals surface area contributed by atoms with Crippen LogP contribution in [0.15, 0.2) is 52.1 Å². The number of hydrogen-bond acceptors (Lipinski definition) is 6. The molecule has 1 aromatic carbocycles. The number of rotatable bonds is 6. The summed E-state index contributed by atoms with van der Waals surface area (Å²) in [6.07, 6.45) is 2.95. The van der Waals surface area contributed by atoms with Crippen LogP contribution >= 0.6 is 24.0 Å². The summed E-state index contributed by atoms with van der Waals surface area (Å²) in [5, 5.41) is 10.5. The average Bonchev–Trinajstić information content (AvgIpc) is 3.43. The van der Waals surface area contributed by atoms with Crippen LogP contribution in [0.25, 0.3) is 11.6 Å². The maximum Gasteiger partial charge on any atom is 0.276 e. The number of pyridine rings is 1. The van der Waals surface area contributed by atoms with Crippen LogP contribution in [0.1, 0.15) is 12.2 Å². The summed E-state index contributed by atoms with van der Waals surface area (Å²) >= 11 is 0. The van der Waals surface area contributed by atoms with Gasteiger partial charge in [0, 0.05) is 45.3 Å². The lowest BCUT2D eigenvalue weighted by Crippen LogP contribution is -2.45. The molecule has 3 heterocycles. The van der Waals surface area contributed by atoms with E-state index in [0.29, 0.717) is 49.4 Å². The van der Waals surface area contributed by atoms with E-state index in [9.17, 15) is 8.78 Å². The lowest BCUT2D eigenvalue weighted by Gasteiger charge is -2.21. The van der Waals surface area contributed by atoms with Crippen LogP contribution in [0.5, 0.6) is 0 Å². The molecule has 1 aliphatic heterocycles. The number of anilines is 1. The molecule has 1 unspecified atom stereocenters. The molecular weight excluding hydrogens is 531 g/mol. The second kappa shape index (κ2) is 11.2. The Kier molecular flexibility index (Phi) is 8.31. The number of nitrogens with zero attached hydrogens (tertiary/aromatic N) is 5. The van der Waals surface area contributed by atoms with Gasteiger partial charge in [0.25, 0.3) is 5.89 Å². The van der Waals surface area contributed by atoms with E-state index in [0.717, 1.165) is 6.42 Å². The average molecular weight is 555 g/mol. The molecule has 0 saturated carbocycles. The Morgan fingerprint density at radius 2 is 2.03 bits per heavy atom. The summed E-state index contributed by atoms with van der Waals surface area (Å²) in [5.74, 6) is 0.450. The van der Waals surface area contributed by atoms with Gasteiger partial charge in [0.15, 0.2) is 11.8 Å². The lowest BCUT2D eigenvalue weighted by atomic mass is 10.2. The summed E-state index contributed by atoms with van der Waals surface area (Å²) in [7, 11) is 1.67. The fraction of sp³-hybridized carbons (Fsp3) is 0.333. The summed E-state index contributed by atoms with van der Waals surface area (Å²) in [4.78, 5) is 14.5. The first kappa shape index (κ1) is 23.8. The zero-order valence-corrected chi connectivity index (χ0v) is 19.8. The summed E-state index contributed by atoms with van der Waals surface area (Å²) in [6.45, 7) is 1.59. The van der Waals surface area contributed by atoms with Crippen LogP contribution in [0, 0.1) is 11.6 Å². The van der Waals surface area contributed by atoms with E-state index in [1.165, 1.54) is 18.2 Å². The van der Waals surface area contributed by atoms with Crippen molar-refractivity contribution in [2.24, 2.45) is 4.99 Å². The number of nitrogens with one attached hydrogen (secondary N) is 2. The molecule has 0 spiro atoms. The van der Waals surface area contributed by atoms with Crippen molar-refractivity contribution in [2.75, 3.05) is 31.6 Å². The Labute approximate surface area is 201 Å². The van der Waals surface area contributed by atoms with E-state index in [4.69, 9.17) is 4.52 Å². The van der Waals surface area contributed by atoms with E-state index >= 15 is 0 Å². The Bertz CT molecular complexity index is 1030. The summed E-state index contributed by atoms with van der Waals surface area (Å²) < 4.78 is 33.3. The Morgan fingerprint density at radius 1 is 1.22 bits per heavy atom. The molecule has 0 radical (unpaired) electrons. The first-order valence-corrected chi connectivity index (χ1v) is 10.0. The van der Waals surface area contributed by atoms with Crippen molar-refractivity contribution >= 4 is 35.6 Å². The van der Waals surface area contributed by atoms with E-state index in [1.807, 2.05) is 12.1 Å². The molecule has 1 atom stereocenters. The third-order valence-corrected chi connectivity index (χ3v) is 5.00. The van der Waals surface area contributed by atoms with E-state index < -0.39 is 11.6 Å². The van der Waals surface area contributed by atoms with E-state index in [1.54, 1.807) is 24.2 Å². The predicted octanol–water partition coefficient (Wildman–Crippen LogP) is 3.01. The molecule has 2 aromatic heterocycles. The van der Waals surface area contributed by atoms with Gasteiger partial charge < -0.3 is 20.1 Å². The van der Waals surface area contributed by atoms with Crippen molar-refractivity contribution in [3.63, 3.8) is 0 Å². The van der Waals surface area contributed by atoms with Crippen LogP contribution in [0.2, 0.25) is 0 Å². The Balaban J connectivity index is 0.00000289. The van der Waals surface area contributed by atoms with Crippen LogP contribution < -0.4 is 15.5 Å². The van der Waals surface area contributed by atoms with Crippen LogP contribution in [0.4, 0.5) is 14.5 Å². The second-order valence-corrected chi connectivity index (χ2v) is 7.13. The molecule has 2 N–H and O–H groups in total. The molecule has 0 bridgehead atoms. The van der Waals surface area contributed by atoms with E-state index in [-0.39, 0.29) is 35.7 Å². The molecule has 11 heteroatoms. The minimum atomic E-state index is -0.548. The van der Waals surface area contributed by atoms with Crippen LogP contribution in [-0.2, 0) is 6.42 Å². The van der Waals surface area contributed by atoms with Gasteiger partial charge in [0.1, 0.15) is 23.0 Å². The van der Waals surface area contributed by atoms with Crippen molar-refractivity contribution < 1.29 is 13.3 Å². The fourth-order valence-electron chi connectivity index (χ4n) is 3.50. The molecular formula is C21H24F2IN7O. The largest absolute Gasteiger partial charge is 0.365 e. The SMILES string of the molecule is CN=C(NCCc1noc(-c2ccccn2)n1)NC1CCN(c2c(F)cccc2F)C1.I. The number of halogens is 3. The maximum atomic E-state index is 14.0. The van der Waals surface area contributed by atoms with Gasteiger partial charge in [0.2, 0.25) is 0 Å². The van der Waals surface area contributed by atoms with Crippen molar-refractivity contribution in [1.82, 2.24) is 25.8 Å². The topological polar surface area (TPSA) is 91.5 Å². The van der Waals surface area contributed by atoms with Gasteiger partial charge in [-0.05, 0) is 30.7 Å². The normalized spacial score (nSPS) is 16.0. The molecule has 1 saturated heterocycles. The maximum absolute atomic E-state index is 14.0. The highest BCUT2D eigenvalue weighted by atomic mass is 127. The number of benzene rings is 1. The number of aromatic nitrogens is 3. The van der Waals surface area contributed by atoms with Crippen molar-refractivity contribution in [3.8, 4) is 11.6 Å². The molecule has 32 heavy (non-hydrogen) atoms. The van der Waals surface area contributed by atoms with Crippen molar-refractivity contribution in [1.29, 1.82) is 0 Å². The Morgan fingerprint density at radius 3 is 2.75 bits per heavy atom. The quantitative estimate of drug-likeness (QED) is 0.275. The number of para-hydroxylation sites is 1. The van der Waals surface area contributed by atoms with Gasteiger partial charge in [-0.1, -0.05) is 17.3 Å². The first-order valence-electron chi connectivity index (χ1n) is 10.0. The zero-order chi connectivity index (χ0) is 21.6. The van der Waals surface area contributed by atoms with Gasteiger partial charge in [-0.3, -0.25) is 9.98 Å². The highest BCUT2D eigenvalue weighted by molar-refractivity contribution is 14.0. The minimum absolute atomic E-state index is 0. The van der Waals surface area contributed by atoms with Gasteiger partial charge in [-0.15, -0.1) is 24.0 Å². The van der Waals surface area contributed by atoms with Crippen LogP contribution in [0.3, 0.4) is 0 Å². The van der Waals surface area contributed by atoms with Gasteiger partial charge in [-0.2, -0.15) is 4.98 Å². The number of aliphatic imine (C=N–C) groups is 1. The molecule has 8 nitrogen and oxygen atoms in total. The summed E-state index contributed by atoms with van der Waals surface area (Å²) in [5.41, 5.74) is 0.652. The predicted molar refractivity (Wildman–Crippen MR) is 128 cm³/mol. The molecule has 0 amide bonds. The standard InChI is InChI=1S/C21H23F2N7O.HI/c1-24-21(26-11-8-18-28-20(31-29-18)17-7-2-3-10-25-17)27-14-9-12-30(13-14)19-15(22)5-4-6-16(19)23;/h2-7,10,14H,8-9,11-13H2,1H3,(H2,24,26,27);1H. The summed E-state index contributed by atoms with van der Waals surface area (Å²) in [6, 6.07) is 9.42. The van der Waals surface area contributed by atoms with Gasteiger partial charge >= 0.3 is 0 Å². The smallest absolute Gasteiger partial charge is 0.276 e. The third-order valence-electron chi connectivity index (χ3n) is 5.00. The number of hydrogen-bond donors (Lipinski definition) is 2. The fourth-order valence-corrected chi connectivity index (χ4v) is 3.50. The number of guanidine groups is 1. The molecule has 4 rings (SSSR count). The lowest BCUT2D eigenvalue weighted by molar-refractivity contribution is 0.421. The highest BCUT2D eigenvalue weighted by Gasteiger charge is 2.27. The molecule has 170 valence electrons. The molecule has 1 fully saturated rings. The first-order chi connectivity index (χ1) is 15.1. The van der Waals surface area contributed by atoms with Crippen LogP contribution in [-0.4, -0.2) is 53.8 Å². The van der Waals surface area contributed by atoms with Crippen molar-refractivity contribution in [2.45, 2.75) is 18.9 Å². The monoisotopic (exact) mass is 555 g/mol. The third kappa shape index (κ3) is 5.69. The van der Waals surface area contributed by atoms with Crippen molar-refractivity contribution in [3.05, 3.63) is 60.1 Å². The molecule has 1 aliphatic rings. The Hall–Kier alpha value is -2.83. The second-order valence-electron chi connectivity index (χ2n) is 7.13. The minimum Gasteiger partial charge on any atom is -0.365 e. The molecule has 0 aliphatic carbocycles. The van der Waals surface area contributed by atoms with E-state index in [2.05, 4.69) is 30.8 Å². The van der Waals surface area contributed by atoms with Gasteiger partial charge in [0.05, 0.1) is 0 Å². The highest BCUT2D eigenvalue weighted by Crippen LogP contribution is 2.26. The zero-order valence-electron chi connectivity index (χ0n) is 17.5. The molecule has 3 aromatic rings.